The van der Waals surface area contributed by atoms with Crippen molar-refractivity contribution in [3.63, 3.8) is 0 Å². The monoisotopic (exact) mass is 315 g/mol. The zero-order valence-corrected chi connectivity index (χ0v) is 13.1. The Bertz CT molecular complexity index is 757. The number of hydrogen-bond donors (Lipinski definition) is 1. The molecule has 114 valence electrons. The lowest BCUT2D eigenvalue weighted by molar-refractivity contribution is 0.185. The Morgan fingerprint density at radius 1 is 1.05 bits per heavy atom. The van der Waals surface area contributed by atoms with Gasteiger partial charge in [0.15, 0.2) is 0 Å². The Balaban J connectivity index is 2.20. The van der Waals surface area contributed by atoms with Crippen LogP contribution in [0.1, 0.15) is 5.56 Å². The largest absolute Gasteiger partial charge is 0.380 e. The van der Waals surface area contributed by atoms with E-state index in [1.54, 1.807) is 31.4 Å². The summed E-state index contributed by atoms with van der Waals surface area (Å²) >= 11 is 0. The van der Waals surface area contributed by atoms with Crippen molar-refractivity contribution in [1.82, 2.24) is 4.72 Å². The van der Waals surface area contributed by atoms with Crippen LogP contribution in [0.15, 0.2) is 53.4 Å². The van der Waals surface area contributed by atoms with Gasteiger partial charge in [-0.15, -0.1) is 6.42 Å². The maximum atomic E-state index is 11.9. The molecule has 0 bridgehead atoms. The molecule has 0 amide bonds. The molecular weight excluding hydrogens is 298 g/mol. The van der Waals surface area contributed by atoms with Crippen molar-refractivity contribution in [3.8, 4) is 23.5 Å². The molecule has 5 heteroatoms. The fourth-order valence-corrected chi connectivity index (χ4v) is 2.94. The van der Waals surface area contributed by atoms with Crippen LogP contribution in [0.25, 0.3) is 11.1 Å². The molecule has 0 heterocycles. The standard InChI is InChI=1S/C17H17NO3S/c1-3-12-18-22(19,20)17-10-8-16(9-11-17)15-6-4-14(5-7-15)13-21-2/h1,4-11,18H,12-13H2,2H3. The molecule has 0 spiro atoms. The van der Waals surface area contributed by atoms with Crippen LogP contribution >= 0.6 is 0 Å². The first kappa shape index (κ1) is 16.2. The van der Waals surface area contributed by atoms with E-state index in [1.807, 2.05) is 24.3 Å². The fourth-order valence-electron chi connectivity index (χ4n) is 2.01. The van der Waals surface area contributed by atoms with E-state index >= 15 is 0 Å². The normalized spacial score (nSPS) is 11.1. The number of terminal acetylenes is 1. The quantitative estimate of drug-likeness (QED) is 0.833. The summed E-state index contributed by atoms with van der Waals surface area (Å²) in [5.74, 6) is 2.25. The summed E-state index contributed by atoms with van der Waals surface area (Å²) in [5.41, 5.74) is 3.05. The molecule has 2 rings (SSSR count). The van der Waals surface area contributed by atoms with Gasteiger partial charge in [-0.05, 0) is 28.8 Å². The fraction of sp³-hybridized carbons (Fsp3) is 0.176. The lowest BCUT2D eigenvalue weighted by Crippen LogP contribution is -2.23. The van der Waals surface area contributed by atoms with E-state index < -0.39 is 10.0 Å². The zero-order valence-electron chi connectivity index (χ0n) is 12.2. The summed E-state index contributed by atoms with van der Waals surface area (Å²) < 4.78 is 31.3. The van der Waals surface area contributed by atoms with Crippen molar-refractivity contribution in [2.24, 2.45) is 0 Å². The van der Waals surface area contributed by atoms with Gasteiger partial charge < -0.3 is 4.74 Å². The Kier molecular flexibility index (Phi) is 5.34. The van der Waals surface area contributed by atoms with E-state index in [1.165, 1.54) is 0 Å². The van der Waals surface area contributed by atoms with Gasteiger partial charge in [0, 0.05) is 7.11 Å². The van der Waals surface area contributed by atoms with Gasteiger partial charge in [0.1, 0.15) is 0 Å². The molecule has 0 aliphatic heterocycles. The molecule has 0 aromatic heterocycles. The molecule has 0 unspecified atom stereocenters. The summed E-state index contributed by atoms with van der Waals surface area (Å²) in [5, 5.41) is 0. The summed E-state index contributed by atoms with van der Waals surface area (Å²) in [6.07, 6.45) is 5.06. The molecule has 0 aliphatic rings. The highest BCUT2D eigenvalue weighted by molar-refractivity contribution is 7.89. The van der Waals surface area contributed by atoms with Crippen LogP contribution in [0.3, 0.4) is 0 Å². The first-order valence-electron chi connectivity index (χ1n) is 6.68. The Labute approximate surface area is 131 Å². The van der Waals surface area contributed by atoms with E-state index in [0.717, 1.165) is 16.7 Å². The number of methoxy groups -OCH3 is 1. The second-order valence-electron chi connectivity index (χ2n) is 4.68. The van der Waals surface area contributed by atoms with E-state index in [-0.39, 0.29) is 11.4 Å². The highest BCUT2D eigenvalue weighted by Gasteiger charge is 2.12. The molecule has 2 aromatic rings. The molecule has 0 fully saturated rings. The lowest BCUT2D eigenvalue weighted by atomic mass is 10.0. The zero-order chi connectivity index (χ0) is 16.0. The molecule has 0 saturated heterocycles. The topological polar surface area (TPSA) is 55.4 Å². The average Bonchev–Trinajstić information content (AvgIpc) is 2.54. The predicted molar refractivity (Wildman–Crippen MR) is 86.6 cm³/mol. The number of ether oxygens (including phenoxy) is 1. The predicted octanol–water partition coefficient (Wildman–Crippen LogP) is 2.41. The third kappa shape index (κ3) is 3.95. The van der Waals surface area contributed by atoms with E-state index in [4.69, 9.17) is 11.2 Å². The summed E-state index contributed by atoms with van der Waals surface area (Å²) in [4.78, 5) is 0.197. The molecule has 0 atom stereocenters. The lowest BCUT2D eigenvalue weighted by Gasteiger charge is -2.07. The van der Waals surface area contributed by atoms with Crippen molar-refractivity contribution in [2.75, 3.05) is 13.7 Å². The van der Waals surface area contributed by atoms with Crippen LogP contribution in [0.2, 0.25) is 0 Å². The van der Waals surface area contributed by atoms with Crippen molar-refractivity contribution < 1.29 is 13.2 Å². The van der Waals surface area contributed by atoms with Crippen LogP contribution < -0.4 is 4.72 Å². The molecule has 4 nitrogen and oxygen atoms in total. The van der Waals surface area contributed by atoms with Gasteiger partial charge in [-0.3, -0.25) is 0 Å². The number of nitrogens with one attached hydrogen (secondary N) is 1. The van der Waals surface area contributed by atoms with Crippen LogP contribution in [-0.2, 0) is 21.4 Å². The van der Waals surface area contributed by atoms with Crippen LogP contribution in [0.4, 0.5) is 0 Å². The van der Waals surface area contributed by atoms with Gasteiger partial charge in [-0.25, -0.2) is 8.42 Å². The maximum Gasteiger partial charge on any atom is 0.241 e. The molecule has 0 radical (unpaired) electrons. The average molecular weight is 315 g/mol. The second-order valence-corrected chi connectivity index (χ2v) is 6.45. The van der Waals surface area contributed by atoms with E-state index in [0.29, 0.717) is 6.61 Å². The highest BCUT2D eigenvalue weighted by Crippen LogP contribution is 2.22. The third-order valence-corrected chi connectivity index (χ3v) is 4.54. The van der Waals surface area contributed by atoms with Crippen LogP contribution in [0.5, 0.6) is 0 Å². The second kappa shape index (κ2) is 7.23. The van der Waals surface area contributed by atoms with E-state index in [2.05, 4.69) is 10.6 Å². The molecule has 1 N–H and O–H groups in total. The molecular formula is C17H17NO3S. The summed E-state index contributed by atoms with van der Waals surface area (Å²) in [6.45, 7) is 0.545. The molecule has 0 saturated carbocycles. The first-order chi connectivity index (χ1) is 10.6. The minimum absolute atomic E-state index is 0.0228. The third-order valence-electron chi connectivity index (χ3n) is 3.13. The molecule has 0 aliphatic carbocycles. The summed E-state index contributed by atoms with van der Waals surface area (Å²) in [7, 11) is -1.89. The van der Waals surface area contributed by atoms with E-state index in [9.17, 15) is 8.42 Å². The maximum absolute atomic E-state index is 11.9. The number of benzene rings is 2. The SMILES string of the molecule is C#CCNS(=O)(=O)c1ccc(-c2ccc(COC)cc2)cc1. The molecule has 2 aromatic carbocycles. The van der Waals surface area contributed by atoms with Gasteiger partial charge in [0.25, 0.3) is 0 Å². The Hall–Kier alpha value is -2.13. The minimum Gasteiger partial charge on any atom is -0.380 e. The van der Waals surface area contributed by atoms with Gasteiger partial charge in [-0.1, -0.05) is 42.3 Å². The van der Waals surface area contributed by atoms with Crippen molar-refractivity contribution in [3.05, 3.63) is 54.1 Å². The van der Waals surface area contributed by atoms with Gasteiger partial charge in [0.05, 0.1) is 18.0 Å². The number of rotatable bonds is 6. The van der Waals surface area contributed by atoms with Crippen molar-refractivity contribution >= 4 is 10.0 Å². The van der Waals surface area contributed by atoms with Gasteiger partial charge in [0.2, 0.25) is 10.0 Å². The van der Waals surface area contributed by atoms with Gasteiger partial charge in [-0.2, -0.15) is 4.72 Å². The molecule has 22 heavy (non-hydrogen) atoms. The summed E-state index contributed by atoms with van der Waals surface area (Å²) in [6, 6.07) is 14.6. The highest BCUT2D eigenvalue weighted by atomic mass is 32.2. The Morgan fingerprint density at radius 3 is 2.09 bits per heavy atom. The minimum atomic E-state index is -3.54. The van der Waals surface area contributed by atoms with Crippen LogP contribution in [-0.4, -0.2) is 22.1 Å². The first-order valence-corrected chi connectivity index (χ1v) is 8.16. The van der Waals surface area contributed by atoms with Crippen LogP contribution in [0, 0.1) is 12.3 Å². The van der Waals surface area contributed by atoms with Crippen molar-refractivity contribution in [1.29, 1.82) is 0 Å². The smallest absolute Gasteiger partial charge is 0.241 e. The number of hydrogen-bond acceptors (Lipinski definition) is 3. The number of sulfonamides is 1. The van der Waals surface area contributed by atoms with Crippen molar-refractivity contribution in [2.45, 2.75) is 11.5 Å². The van der Waals surface area contributed by atoms with Gasteiger partial charge >= 0.3 is 0 Å². The Morgan fingerprint density at radius 2 is 1.59 bits per heavy atom.